The van der Waals surface area contributed by atoms with E-state index in [-0.39, 0.29) is 23.5 Å². The van der Waals surface area contributed by atoms with Crippen LogP contribution in [0, 0.1) is 5.82 Å². The number of hydrogen-bond acceptors (Lipinski definition) is 5. The molecule has 1 heterocycles. The first-order valence-corrected chi connectivity index (χ1v) is 8.68. The van der Waals surface area contributed by atoms with E-state index in [0.29, 0.717) is 23.7 Å². The first-order chi connectivity index (χ1) is 13.0. The smallest absolute Gasteiger partial charge is 0.363 e. The van der Waals surface area contributed by atoms with Crippen LogP contribution < -0.4 is 9.47 Å². The molecule has 0 aliphatic carbocycles. The van der Waals surface area contributed by atoms with Crippen LogP contribution in [0.3, 0.4) is 0 Å². The summed E-state index contributed by atoms with van der Waals surface area (Å²) in [5.41, 5.74) is 1.42. The van der Waals surface area contributed by atoms with Gasteiger partial charge in [-0.05, 0) is 68.8 Å². The van der Waals surface area contributed by atoms with Gasteiger partial charge in [-0.1, -0.05) is 6.07 Å². The molecule has 27 heavy (non-hydrogen) atoms. The fourth-order valence-corrected chi connectivity index (χ4v) is 2.52. The molecule has 0 aromatic heterocycles. The number of benzene rings is 2. The van der Waals surface area contributed by atoms with Crippen molar-refractivity contribution in [3.05, 3.63) is 65.1 Å². The van der Waals surface area contributed by atoms with Gasteiger partial charge in [0.15, 0.2) is 17.2 Å². The summed E-state index contributed by atoms with van der Waals surface area (Å²) in [4.78, 5) is 16.3. The Bertz CT molecular complexity index is 901. The SMILES string of the molecule is CCOc1cc(/C=C2\N=C(c3ccc(F)cc3)OC2=O)ccc1OC(C)C. The van der Waals surface area contributed by atoms with Crippen LogP contribution in [-0.4, -0.2) is 24.6 Å². The number of halogens is 1. The molecule has 0 radical (unpaired) electrons. The zero-order valence-electron chi connectivity index (χ0n) is 15.4. The predicted octanol–water partition coefficient (Wildman–Crippen LogP) is 4.36. The topological polar surface area (TPSA) is 57.1 Å². The standard InChI is InChI=1S/C21H20FNO4/c1-4-25-19-12-14(5-10-18(19)26-13(2)3)11-17-21(24)27-20(23-17)15-6-8-16(22)9-7-15/h5-13H,4H2,1-3H3/b17-11-. The second-order valence-corrected chi connectivity index (χ2v) is 6.15. The minimum atomic E-state index is -0.560. The molecule has 3 rings (SSSR count). The van der Waals surface area contributed by atoms with Gasteiger partial charge in [0.05, 0.1) is 12.7 Å². The van der Waals surface area contributed by atoms with Crippen LogP contribution in [0.1, 0.15) is 31.9 Å². The van der Waals surface area contributed by atoms with Crippen molar-refractivity contribution < 1.29 is 23.4 Å². The van der Waals surface area contributed by atoms with E-state index in [1.807, 2.05) is 26.8 Å². The van der Waals surface area contributed by atoms with Gasteiger partial charge in [0.1, 0.15) is 5.82 Å². The number of rotatable bonds is 6. The molecule has 0 N–H and O–H groups in total. The predicted molar refractivity (Wildman–Crippen MR) is 100 cm³/mol. The van der Waals surface area contributed by atoms with Crippen molar-refractivity contribution in [1.82, 2.24) is 0 Å². The zero-order chi connectivity index (χ0) is 19.4. The van der Waals surface area contributed by atoms with Gasteiger partial charge >= 0.3 is 5.97 Å². The largest absolute Gasteiger partial charge is 0.490 e. The fourth-order valence-electron chi connectivity index (χ4n) is 2.52. The number of nitrogens with zero attached hydrogens (tertiary/aromatic N) is 1. The van der Waals surface area contributed by atoms with Crippen LogP contribution in [-0.2, 0) is 9.53 Å². The van der Waals surface area contributed by atoms with Crippen molar-refractivity contribution in [2.75, 3.05) is 6.61 Å². The van der Waals surface area contributed by atoms with Crippen LogP contribution in [0.5, 0.6) is 11.5 Å². The van der Waals surface area contributed by atoms with E-state index in [2.05, 4.69) is 4.99 Å². The highest BCUT2D eigenvalue weighted by Crippen LogP contribution is 2.31. The third kappa shape index (κ3) is 4.53. The van der Waals surface area contributed by atoms with E-state index in [9.17, 15) is 9.18 Å². The monoisotopic (exact) mass is 369 g/mol. The van der Waals surface area contributed by atoms with Gasteiger partial charge in [0.2, 0.25) is 5.90 Å². The highest BCUT2D eigenvalue weighted by molar-refractivity contribution is 6.12. The molecule has 0 amide bonds. The lowest BCUT2D eigenvalue weighted by molar-refractivity contribution is -0.129. The van der Waals surface area contributed by atoms with Gasteiger partial charge in [-0.2, -0.15) is 0 Å². The van der Waals surface area contributed by atoms with Crippen molar-refractivity contribution in [2.24, 2.45) is 4.99 Å². The number of esters is 1. The van der Waals surface area contributed by atoms with E-state index in [4.69, 9.17) is 14.2 Å². The van der Waals surface area contributed by atoms with Crippen LogP contribution in [0.25, 0.3) is 6.08 Å². The van der Waals surface area contributed by atoms with Gasteiger partial charge in [-0.15, -0.1) is 0 Å². The van der Waals surface area contributed by atoms with Crippen LogP contribution in [0.4, 0.5) is 4.39 Å². The molecular formula is C21H20FNO4. The average molecular weight is 369 g/mol. The highest BCUT2D eigenvalue weighted by Gasteiger charge is 2.24. The van der Waals surface area contributed by atoms with Gasteiger partial charge < -0.3 is 14.2 Å². The maximum absolute atomic E-state index is 13.0. The molecule has 0 spiro atoms. The van der Waals surface area contributed by atoms with Crippen molar-refractivity contribution in [3.8, 4) is 11.5 Å². The molecular weight excluding hydrogens is 349 g/mol. The minimum absolute atomic E-state index is 0.0149. The third-order valence-corrected chi connectivity index (χ3v) is 3.65. The molecule has 5 nitrogen and oxygen atoms in total. The first kappa shape index (κ1) is 18.6. The first-order valence-electron chi connectivity index (χ1n) is 8.68. The van der Waals surface area contributed by atoms with Crippen molar-refractivity contribution in [1.29, 1.82) is 0 Å². The van der Waals surface area contributed by atoms with E-state index in [0.717, 1.165) is 5.56 Å². The summed E-state index contributed by atoms with van der Waals surface area (Å²) in [5.74, 6) is 0.450. The number of carbonyl (C=O) groups is 1. The fraction of sp³-hybridized carbons (Fsp3) is 0.238. The molecule has 1 aliphatic rings. The van der Waals surface area contributed by atoms with Gasteiger partial charge in [-0.25, -0.2) is 14.2 Å². The van der Waals surface area contributed by atoms with Crippen LogP contribution in [0.2, 0.25) is 0 Å². The number of ether oxygens (including phenoxy) is 3. The van der Waals surface area contributed by atoms with E-state index < -0.39 is 5.97 Å². The molecule has 0 atom stereocenters. The Hall–Kier alpha value is -3.15. The molecule has 0 bridgehead atoms. The molecule has 0 saturated carbocycles. The van der Waals surface area contributed by atoms with E-state index in [1.165, 1.54) is 24.3 Å². The molecule has 0 fully saturated rings. The summed E-state index contributed by atoms with van der Waals surface area (Å²) in [5, 5.41) is 0. The van der Waals surface area contributed by atoms with E-state index in [1.54, 1.807) is 18.2 Å². The van der Waals surface area contributed by atoms with Crippen LogP contribution >= 0.6 is 0 Å². The quantitative estimate of drug-likeness (QED) is 0.561. The Kier molecular flexibility index (Phi) is 5.54. The summed E-state index contributed by atoms with van der Waals surface area (Å²) in [6.45, 7) is 6.25. The lowest BCUT2D eigenvalue weighted by Gasteiger charge is -2.14. The second-order valence-electron chi connectivity index (χ2n) is 6.15. The zero-order valence-corrected chi connectivity index (χ0v) is 15.4. The van der Waals surface area contributed by atoms with Crippen molar-refractivity contribution in [2.45, 2.75) is 26.9 Å². The second kappa shape index (κ2) is 8.03. The Balaban J connectivity index is 1.89. The summed E-state index contributed by atoms with van der Waals surface area (Å²) in [6.07, 6.45) is 1.63. The van der Waals surface area contributed by atoms with Crippen LogP contribution in [0.15, 0.2) is 53.2 Å². The molecule has 6 heteroatoms. The Morgan fingerprint density at radius 3 is 2.56 bits per heavy atom. The number of cyclic esters (lactones) is 1. The van der Waals surface area contributed by atoms with Gasteiger partial charge in [-0.3, -0.25) is 0 Å². The number of aliphatic imine (C=N–C) groups is 1. The third-order valence-electron chi connectivity index (χ3n) is 3.65. The molecule has 1 aliphatic heterocycles. The van der Waals surface area contributed by atoms with E-state index >= 15 is 0 Å². The lowest BCUT2D eigenvalue weighted by atomic mass is 10.1. The van der Waals surface area contributed by atoms with Crippen molar-refractivity contribution in [3.63, 3.8) is 0 Å². The molecule has 2 aromatic carbocycles. The maximum Gasteiger partial charge on any atom is 0.363 e. The molecule has 0 saturated heterocycles. The van der Waals surface area contributed by atoms with Crippen molar-refractivity contribution >= 4 is 17.9 Å². The summed E-state index contributed by atoms with van der Waals surface area (Å²) in [6, 6.07) is 11.0. The van der Waals surface area contributed by atoms with Gasteiger partial charge in [0.25, 0.3) is 0 Å². The summed E-state index contributed by atoms with van der Waals surface area (Å²) in [7, 11) is 0. The Labute approximate surface area is 157 Å². The Morgan fingerprint density at radius 2 is 1.89 bits per heavy atom. The van der Waals surface area contributed by atoms with Gasteiger partial charge in [0, 0.05) is 5.56 Å². The number of carbonyl (C=O) groups excluding carboxylic acids is 1. The average Bonchev–Trinajstić information content (AvgIpc) is 2.98. The normalized spacial score (nSPS) is 15.1. The molecule has 140 valence electrons. The summed E-state index contributed by atoms with van der Waals surface area (Å²) < 4.78 is 29.6. The molecule has 2 aromatic rings. The minimum Gasteiger partial charge on any atom is -0.490 e. The highest BCUT2D eigenvalue weighted by atomic mass is 19.1. The molecule has 0 unspecified atom stereocenters. The lowest BCUT2D eigenvalue weighted by Crippen LogP contribution is -2.07. The maximum atomic E-state index is 13.0. The number of hydrogen-bond donors (Lipinski definition) is 0. The Morgan fingerprint density at radius 1 is 1.15 bits per heavy atom. The summed E-state index contributed by atoms with van der Waals surface area (Å²) >= 11 is 0.